The van der Waals surface area contributed by atoms with Crippen LogP contribution >= 0.6 is 0 Å². The smallest absolute Gasteiger partial charge is 0.269 e. The van der Waals surface area contributed by atoms with Gasteiger partial charge >= 0.3 is 0 Å². The molecule has 1 amide bonds. The molecule has 0 unspecified atom stereocenters. The molecule has 2 aromatic carbocycles. The van der Waals surface area contributed by atoms with Crippen molar-refractivity contribution in [3.63, 3.8) is 0 Å². The monoisotopic (exact) mass is 365 g/mol. The van der Waals surface area contributed by atoms with Crippen LogP contribution in [0.3, 0.4) is 0 Å². The zero-order valence-corrected chi connectivity index (χ0v) is 15.6. The summed E-state index contributed by atoms with van der Waals surface area (Å²) < 4.78 is 0. The quantitative estimate of drug-likeness (QED) is 0.440. The van der Waals surface area contributed by atoms with Crippen molar-refractivity contribution in [2.45, 2.75) is 26.8 Å². The number of benzene rings is 2. The Labute approximate surface area is 159 Å². The van der Waals surface area contributed by atoms with Gasteiger partial charge in [0.2, 0.25) is 5.91 Å². The maximum absolute atomic E-state index is 12.3. The normalized spacial score (nSPS) is 10.4. The maximum Gasteiger partial charge on any atom is 0.269 e. The molecule has 0 radical (unpaired) electrons. The number of carbonyl (C=O) groups excluding carboxylic acids is 1. The summed E-state index contributed by atoms with van der Waals surface area (Å²) in [6, 6.07) is 12.6. The Hall–Kier alpha value is -3.17. The highest BCUT2D eigenvalue weighted by Gasteiger charge is 2.12. The number of rotatable bonds is 8. The molecule has 2 rings (SSSR count). The van der Waals surface area contributed by atoms with E-state index in [-0.39, 0.29) is 18.0 Å². The van der Waals surface area contributed by atoms with Crippen molar-refractivity contribution >= 4 is 17.3 Å². The van der Waals surface area contributed by atoms with Gasteiger partial charge in [0.1, 0.15) is 0 Å². The lowest BCUT2D eigenvalue weighted by atomic mass is 10.1. The van der Waals surface area contributed by atoms with Crippen LogP contribution in [-0.4, -0.2) is 28.8 Å². The molecule has 6 heteroatoms. The molecule has 140 valence electrons. The second-order valence-corrected chi connectivity index (χ2v) is 6.45. The van der Waals surface area contributed by atoms with Crippen molar-refractivity contribution in [3.05, 3.63) is 69.3 Å². The first-order valence-electron chi connectivity index (χ1n) is 8.65. The zero-order chi connectivity index (χ0) is 19.8. The third-order valence-electron chi connectivity index (χ3n) is 4.19. The first-order chi connectivity index (χ1) is 12.9. The van der Waals surface area contributed by atoms with Crippen molar-refractivity contribution in [2.24, 2.45) is 0 Å². The Morgan fingerprint density at radius 2 is 1.93 bits per heavy atom. The number of anilines is 1. The number of carbonyl (C=O) groups is 1. The number of nitrogens with zero attached hydrogens (tertiary/aromatic N) is 2. The number of terminal acetylenes is 1. The Morgan fingerprint density at radius 1 is 1.22 bits per heavy atom. The van der Waals surface area contributed by atoms with Crippen molar-refractivity contribution in [2.75, 3.05) is 18.4 Å². The lowest BCUT2D eigenvalue weighted by Crippen LogP contribution is -2.28. The zero-order valence-electron chi connectivity index (χ0n) is 15.6. The van der Waals surface area contributed by atoms with Crippen molar-refractivity contribution in [1.29, 1.82) is 0 Å². The van der Waals surface area contributed by atoms with Crippen LogP contribution in [0.5, 0.6) is 0 Å². The van der Waals surface area contributed by atoms with Gasteiger partial charge in [0.15, 0.2) is 0 Å². The number of non-ortho nitro benzene ring substituents is 1. The van der Waals surface area contributed by atoms with Crippen molar-refractivity contribution in [1.82, 2.24) is 4.90 Å². The van der Waals surface area contributed by atoms with E-state index in [9.17, 15) is 14.9 Å². The molecule has 2 aromatic rings. The third-order valence-corrected chi connectivity index (χ3v) is 4.19. The maximum atomic E-state index is 12.3. The van der Waals surface area contributed by atoms with Gasteiger partial charge in [0.05, 0.1) is 11.5 Å². The first kappa shape index (κ1) is 20.1. The topological polar surface area (TPSA) is 75.5 Å². The van der Waals surface area contributed by atoms with E-state index in [1.165, 1.54) is 17.7 Å². The molecule has 0 bridgehead atoms. The van der Waals surface area contributed by atoms with Crippen LogP contribution in [-0.2, 0) is 11.3 Å². The number of aryl methyl sites for hydroxylation is 2. The molecule has 1 N–H and O–H groups in total. The molecule has 0 aliphatic heterocycles. The predicted molar refractivity (Wildman–Crippen MR) is 106 cm³/mol. The number of nitro groups is 1. The highest BCUT2D eigenvalue weighted by atomic mass is 16.6. The summed E-state index contributed by atoms with van der Waals surface area (Å²) in [6.07, 6.45) is 5.73. The fourth-order valence-electron chi connectivity index (χ4n) is 2.67. The Bertz CT molecular complexity index is 854. The molecule has 0 saturated carbocycles. The second kappa shape index (κ2) is 9.51. The number of amides is 1. The Morgan fingerprint density at radius 3 is 2.52 bits per heavy atom. The van der Waals surface area contributed by atoms with Gasteiger partial charge in [0, 0.05) is 37.3 Å². The molecule has 0 aromatic heterocycles. The summed E-state index contributed by atoms with van der Waals surface area (Å²) in [5.41, 5.74) is 3.57. The minimum Gasteiger partial charge on any atom is -0.326 e. The molecule has 27 heavy (non-hydrogen) atoms. The van der Waals surface area contributed by atoms with Crippen LogP contribution in [0.25, 0.3) is 0 Å². The number of nitro benzene ring substituents is 1. The molecule has 0 saturated heterocycles. The molecular formula is C21H23N3O3. The summed E-state index contributed by atoms with van der Waals surface area (Å²) in [6.45, 7) is 5.42. The van der Waals surface area contributed by atoms with E-state index in [0.717, 1.165) is 5.56 Å². The van der Waals surface area contributed by atoms with Gasteiger partial charge in [-0.15, -0.1) is 6.42 Å². The number of hydrogen-bond acceptors (Lipinski definition) is 4. The van der Waals surface area contributed by atoms with Gasteiger partial charge in [-0.1, -0.05) is 35.7 Å². The molecule has 0 heterocycles. The first-order valence-corrected chi connectivity index (χ1v) is 8.65. The van der Waals surface area contributed by atoms with Crippen LogP contribution < -0.4 is 5.32 Å². The Kier molecular flexibility index (Phi) is 7.09. The van der Waals surface area contributed by atoms with Gasteiger partial charge in [-0.25, -0.2) is 0 Å². The minimum atomic E-state index is -0.457. The van der Waals surface area contributed by atoms with E-state index in [2.05, 4.69) is 23.4 Å². The van der Waals surface area contributed by atoms with Crippen LogP contribution in [0.1, 0.15) is 23.1 Å². The average Bonchev–Trinajstić information content (AvgIpc) is 2.63. The second-order valence-electron chi connectivity index (χ2n) is 6.45. The largest absolute Gasteiger partial charge is 0.326 e. The predicted octanol–water partition coefficient (Wildman–Crippen LogP) is 3.68. The average molecular weight is 365 g/mol. The van der Waals surface area contributed by atoms with E-state index < -0.39 is 4.92 Å². The van der Waals surface area contributed by atoms with E-state index >= 15 is 0 Å². The molecule has 0 aliphatic rings. The fourth-order valence-corrected chi connectivity index (χ4v) is 2.67. The highest BCUT2D eigenvalue weighted by molar-refractivity contribution is 5.91. The van der Waals surface area contributed by atoms with E-state index in [4.69, 9.17) is 6.42 Å². The SMILES string of the molecule is C#CCN(CCC(=O)Nc1ccc([N+](=O)[O-])cc1C)Cc1ccc(C)cc1. The number of hydrogen-bond donors (Lipinski definition) is 1. The summed E-state index contributed by atoms with van der Waals surface area (Å²) in [5.74, 6) is 2.47. The van der Waals surface area contributed by atoms with Crippen LogP contribution in [0.4, 0.5) is 11.4 Å². The molecule has 0 fully saturated rings. The number of nitrogens with one attached hydrogen (secondary N) is 1. The van der Waals surface area contributed by atoms with E-state index in [0.29, 0.717) is 30.9 Å². The standard InChI is InChI=1S/C21H23N3O3/c1-4-12-23(15-18-7-5-16(2)6-8-18)13-11-21(25)22-20-10-9-19(24(26)27)14-17(20)3/h1,5-10,14H,11-13,15H2,2-3H3,(H,22,25). The van der Waals surface area contributed by atoms with Gasteiger partial charge in [-0.05, 0) is 31.0 Å². The summed E-state index contributed by atoms with van der Waals surface area (Å²) in [7, 11) is 0. The van der Waals surface area contributed by atoms with Gasteiger partial charge in [0.25, 0.3) is 5.69 Å². The van der Waals surface area contributed by atoms with Gasteiger partial charge in [-0.3, -0.25) is 19.8 Å². The summed E-state index contributed by atoms with van der Waals surface area (Å²) >= 11 is 0. The fraction of sp³-hybridized carbons (Fsp3) is 0.286. The lowest BCUT2D eigenvalue weighted by Gasteiger charge is -2.20. The van der Waals surface area contributed by atoms with E-state index in [1.54, 1.807) is 13.0 Å². The Balaban J connectivity index is 1.92. The van der Waals surface area contributed by atoms with Gasteiger partial charge in [-0.2, -0.15) is 0 Å². The molecule has 0 spiro atoms. The van der Waals surface area contributed by atoms with Gasteiger partial charge < -0.3 is 5.32 Å². The molecule has 6 nitrogen and oxygen atoms in total. The minimum absolute atomic E-state index is 0.00351. The third kappa shape index (κ3) is 6.24. The molecule has 0 aliphatic carbocycles. The van der Waals surface area contributed by atoms with Crippen molar-refractivity contribution in [3.8, 4) is 12.3 Å². The van der Waals surface area contributed by atoms with Crippen LogP contribution in [0, 0.1) is 36.3 Å². The highest BCUT2D eigenvalue weighted by Crippen LogP contribution is 2.21. The molecular weight excluding hydrogens is 342 g/mol. The van der Waals surface area contributed by atoms with Crippen molar-refractivity contribution < 1.29 is 9.72 Å². The summed E-state index contributed by atoms with van der Waals surface area (Å²) in [4.78, 5) is 24.6. The van der Waals surface area contributed by atoms with E-state index in [1.807, 2.05) is 24.0 Å². The van der Waals surface area contributed by atoms with Crippen LogP contribution in [0.15, 0.2) is 42.5 Å². The molecule has 0 atom stereocenters. The summed E-state index contributed by atoms with van der Waals surface area (Å²) in [5, 5.41) is 13.6. The van der Waals surface area contributed by atoms with Crippen LogP contribution in [0.2, 0.25) is 0 Å². The lowest BCUT2D eigenvalue weighted by molar-refractivity contribution is -0.384.